The lowest BCUT2D eigenvalue weighted by molar-refractivity contribution is -0.131. The summed E-state index contributed by atoms with van der Waals surface area (Å²) in [5, 5.41) is 2.71. The third-order valence-corrected chi connectivity index (χ3v) is 8.59. The highest BCUT2D eigenvalue weighted by molar-refractivity contribution is 7.89. The lowest BCUT2D eigenvalue weighted by Crippen LogP contribution is -2.42. The molecule has 1 fully saturated rings. The molecule has 1 amide bonds. The molecule has 1 saturated heterocycles. The number of carbonyl (C=O) groups excluding carboxylic acids is 1. The van der Waals surface area contributed by atoms with Crippen molar-refractivity contribution < 1.29 is 17.9 Å². The van der Waals surface area contributed by atoms with Gasteiger partial charge in [-0.25, -0.2) is 18.4 Å². The van der Waals surface area contributed by atoms with E-state index in [0.717, 1.165) is 21.9 Å². The van der Waals surface area contributed by atoms with Gasteiger partial charge >= 0.3 is 0 Å². The van der Waals surface area contributed by atoms with Crippen molar-refractivity contribution in [3.05, 3.63) is 71.6 Å². The first-order chi connectivity index (χ1) is 16.8. The molecule has 1 aromatic heterocycles. The van der Waals surface area contributed by atoms with Gasteiger partial charge in [0.1, 0.15) is 23.3 Å². The number of methoxy groups -OCH3 is 1. The summed E-state index contributed by atoms with van der Waals surface area (Å²) >= 11 is 6.19. The van der Waals surface area contributed by atoms with Crippen LogP contribution in [0.25, 0.3) is 21.7 Å². The van der Waals surface area contributed by atoms with Crippen LogP contribution in [0.3, 0.4) is 0 Å². The lowest BCUT2D eigenvalue weighted by Gasteiger charge is -2.24. The van der Waals surface area contributed by atoms with Gasteiger partial charge < -0.3 is 9.64 Å². The van der Waals surface area contributed by atoms with E-state index in [1.165, 1.54) is 17.7 Å². The average Bonchev–Trinajstić information content (AvgIpc) is 3.22. The third kappa shape index (κ3) is 4.31. The van der Waals surface area contributed by atoms with Crippen LogP contribution >= 0.6 is 11.6 Å². The highest BCUT2D eigenvalue weighted by atomic mass is 35.5. The highest BCUT2D eigenvalue weighted by Crippen LogP contribution is 2.29. The number of fused-ring (bicyclic) bond motifs is 2. The number of nitrogens with zero attached hydrogens (tertiary/aromatic N) is 4. The van der Waals surface area contributed by atoms with Gasteiger partial charge in [0.2, 0.25) is 15.9 Å². The number of carbonyl (C=O) groups is 1. The van der Waals surface area contributed by atoms with E-state index in [0.29, 0.717) is 35.8 Å². The molecule has 0 N–H and O–H groups in total. The number of hydrogen-bond acceptors (Lipinski definition) is 6. The minimum absolute atomic E-state index is 0.135. The van der Waals surface area contributed by atoms with Gasteiger partial charge in [-0.2, -0.15) is 4.31 Å². The van der Waals surface area contributed by atoms with Crippen LogP contribution in [0.2, 0.25) is 5.15 Å². The molecule has 10 heteroatoms. The fourth-order valence-corrected chi connectivity index (χ4v) is 6.01. The largest absolute Gasteiger partial charge is 0.497 e. The average molecular weight is 511 g/mol. The minimum Gasteiger partial charge on any atom is -0.497 e. The number of amides is 1. The van der Waals surface area contributed by atoms with Gasteiger partial charge in [-0.05, 0) is 59.2 Å². The summed E-state index contributed by atoms with van der Waals surface area (Å²) in [4.78, 5) is 23.2. The Hall–Kier alpha value is -3.27. The number of likely N-dealkylation sites (tertiary alicyclic amines) is 1. The normalized spacial score (nSPS) is 16.5. The van der Waals surface area contributed by atoms with Gasteiger partial charge in [-0.15, -0.1) is 0 Å². The Morgan fingerprint density at radius 1 is 1.09 bits per heavy atom. The summed E-state index contributed by atoms with van der Waals surface area (Å²) < 4.78 is 33.3. The van der Waals surface area contributed by atoms with Crippen LogP contribution in [0.4, 0.5) is 0 Å². The predicted molar refractivity (Wildman–Crippen MR) is 134 cm³/mol. The summed E-state index contributed by atoms with van der Waals surface area (Å²) in [6, 6.07) is 15.2. The number of rotatable bonds is 6. The van der Waals surface area contributed by atoms with Gasteiger partial charge in [0, 0.05) is 25.5 Å². The van der Waals surface area contributed by atoms with Crippen LogP contribution in [0.15, 0.2) is 65.8 Å². The highest BCUT2D eigenvalue weighted by Gasteiger charge is 2.39. The van der Waals surface area contributed by atoms with Crippen molar-refractivity contribution in [3.63, 3.8) is 0 Å². The molecule has 1 aliphatic rings. The summed E-state index contributed by atoms with van der Waals surface area (Å²) in [6.45, 7) is 0.801. The Kier molecular flexibility index (Phi) is 6.08. The third-order valence-electron chi connectivity index (χ3n) is 6.43. The van der Waals surface area contributed by atoms with Gasteiger partial charge in [0.05, 0.1) is 17.5 Å². The van der Waals surface area contributed by atoms with E-state index >= 15 is 0 Å². The van der Waals surface area contributed by atoms with Crippen molar-refractivity contribution >= 4 is 49.2 Å². The Labute approximate surface area is 208 Å². The van der Waals surface area contributed by atoms with Crippen molar-refractivity contribution in [1.29, 1.82) is 0 Å². The van der Waals surface area contributed by atoms with Gasteiger partial charge in [0.25, 0.3) is 0 Å². The zero-order chi connectivity index (χ0) is 24.7. The van der Waals surface area contributed by atoms with Crippen molar-refractivity contribution in [1.82, 2.24) is 19.2 Å². The Morgan fingerprint density at radius 2 is 1.89 bits per heavy atom. The molecule has 0 aliphatic carbocycles. The van der Waals surface area contributed by atoms with Crippen LogP contribution in [0.5, 0.6) is 5.75 Å². The molecular formula is C25H23ClN4O4S. The molecule has 35 heavy (non-hydrogen) atoms. The quantitative estimate of drug-likeness (QED) is 0.366. The van der Waals surface area contributed by atoms with Crippen LogP contribution in [-0.4, -0.2) is 60.2 Å². The Bertz CT molecular complexity index is 1560. The molecule has 2 heterocycles. The molecule has 3 aromatic carbocycles. The first kappa shape index (κ1) is 23.5. The number of benzene rings is 3. The maximum Gasteiger partial charge on any atom is 0.243 e. The molecule has 0 radical (unpaired) electrons. The maximum atomic E-state index is 13.4. The number of aromatic nitrogens is 2. The lowest BCUT2D eigenvalue weighted by atomic mass is 10.1. The zero-order valence-corrected chi connectivity index (χ0v) is 20.8. The summed E-state index contributed by atoms with van der Waals surface area (Å²) in [7, 11) is -0.861. The molecular weight excluding hydrogens is 488 g/mol. The van der Waals surface area contributed by atoms with E-state index < -0.39 is 16.1 Å². The SMILES string of the molecule is COc1ccc2ccc(S(=O)(=O)N(C)[C@H]3CCN(Cc4ccc5ncnc(Cl)c5c4)C3=O)cc2c1. The molecule has 4 aromatic rings. The number of hydrogen-bond donors (Lipinski definition) is 0. The molecule has 0 bridgehead atoms. The molecule has 5 rings (SSSR count). The number of halogens is 1. The smallest absolute Gasteiger partial charge is 0.243 e. The second-order valence-electron chi connectivity index (χ2n) is 8.48. The van der Waals surface area contributed by atoms with Crippen LogP contribution in [0.1, 0.15) is 12.0 Å². The van der Waals surface area contributed by atoms with Crippen LogP contribution in [0, 0.1) is 0 Å². The second kappa shape index (κ2) is 9.07. The topological polar surface area (TPSA) is 92.7 Å². The molecule has 1 atom stereocenters. The van der Waals surface area contributed by atoms with E-state index in [9.17, 15) is 13.2 Å². The fourth-order valence-electron chi connectivity index (χ4n) is 4.43. The number of likely N-dealkylation sites (N-methyl/N-ethyl adjacent to an activating group) is 1. The van der Waals surface area contributed by atoms with Crippen LogP contribution < -0.4 is 4.74 Å². The summed E-state index contributed by atoms with van der Waals surface area (Å²) in [5.41, 5.74) is 1.59. The van der Waals surface area contributed by atoms with E-state index in [2.05, 4.69) is 9.97 Å². The van der Waals surface area contributed by atoms with Gasteiger partial charge in [0.15, 0.2) is 0 Å². The molecule has 0 saturated carbocycles. The first-order valence-corrected chi connectivity index (χ1v) is 12.8. The predicted octanol–water partition coefficient (Wildman–Crippen LogP) is 3.87. The number of ether oxygens (including phenoxy) is 1. The minimum atomic E-state index is -3.89. The van der Waals surface area contributed by atoms with E-state index in [-0.39, 0.29) is 10.8 Å². The van der Waals surface area contributed by atoms with Crippen molar-refractivity contribution in [3.8, 4) is 5.75 Å². The maximum absolute atomic E-state index is 13.4. The van der Waals surface area contributed by atoms with Crippen molar-refractivity contribution in [2.24, 2.45) is 0 Å². The Morgan fingerprint density at radius 3 is 2.69 bits per heavy atom. The standard InChI is InChI=1S/C25H23ClN4O4S/c1-29(35(32,33)20-7-5-17-4-6-19(34-2)12-18(17)13-20)23-9-10-30(25(23)31)14-16-3-8-22-21(11-16)24(26)28-15-27-22/h3-8,11-13,15,23H,9-10,14H2,1-2H3/t23-/m0/s1. The van der Waals surface area contributed by atoms with Gasteiger partial charge in [-0.1, -0.05) is 29.8 Å². The molecule has 0 spiro atoms. The first-order valence-electron chi connectivity index (χ1n) is 11.0. The van der Waals surface area contributed by atoms with Gasteiger partial charge in [-0.3, -0.25) is 4.79 Å². The second-order valence-corrected chi connectivity index (χ2v) is 10.8. The molecule has 180 valence electrons. The fraction of sp³-hybridized carbons (Fsp3) is 0.240. The number of sulfonamides is 1. The van der Waals surface area contributed by atoms with Crippen molar-refractivity contribution in [2.75, 3.05) is 20.7 Å². The summed E-state index contributed by atoms with van der Waals surface area (Å²) in [6.07, 6.45) is 1.81. The van der Waals surface area contributed by atoms with E-state index in [1.54, 1.807) is 36.3 Å². The van der Waals surface area contributed by atoms with E-state index in [1.807, 2.05) is 30.3 Å². The monoisotopic (exact) mass is 510 g/mol. The van der Waals surface area contributed by atoms with Crippen molar-refractivity contribution in [2.45, 2.75) is 23.9 Å². The molecule has 8 nitrogen and oxygen atoms in total. The molecule has 0 unspecified atom stereocenters. The van der Waals surface area contributed by atoms with E-state index in [4.69, 9.17) is 16.3 Å². The zero-order valence-electron chi connectivity index (χ0n) is 19.2. The molecule has 1 aliphatic heterocycles. The summed E-state index contributed by atoms with van der Waals surface area (Å²) in [5.74, 6) is 0.414. The van der Waals surface area contributed by atoms with Crippen LogP contribution in [-0.2, 0) is 21.4 Å². The Balaban J connectivity index is 1.36.